The van der Waals surface area contributed by atoms with E-state index in [1.54, 1.807) is 19.1 Å². The summed E-state index contributed by atoms with van der Waals surface area (Å²) < 4.78 is 25.7. The fourth-order valence-electron chi connectivity index (χ4n) is 2.12. The highest BCUT2D eigenvalue weighted by Crippen LogP contribution is 2.14. The summed E-state index contributed by atoms with van der Waals surface area (Å²) in [7, 11) is -2.13. The first-order valence-corrected chi connectivity index (χ1v) is 10.5. The second-order valence-electron chi connectivity index (χ2n) is 5.69. The maximum absolute atomic E-state index is 12.0. The number of rotatable bonds is 7. The van der Waals surface area contributed by atoms with E-state index in [1.807, 2.05) is 19.9 Å². The number of aryl methyl sites for hydroxylation is 2. The van der Waals surface area contributed by atoms with Crippen molar-refractivity contribution in [3.63, 3.8) is 0 Å². The largest absolute Gasteiger partial charge is 0.272 e. The van der Waals surface area contributed by atoms with Gasteiger partial charge in [-0.15, -0.1) is 0 Å². The molecule has 10 heteroatoms. The van der Waals surface area contributed by atoms with Gasteiger partial charge in [-0.25, -0.2) is 28.5 Å². The number of carbonyl (C=O) groups excluding carboxylic acids is 1. The Morgan fingerprint density at radius 2 is 1.74 bits per heavy atom. The van der Waals surface area contributed by atoms with Crippen molar-refractivity contribution in [3.05, 3.63) is 47.3 Å². The van der Waals surface area contributed by atoms with E-state index in [0.717, 1.165) is 11.4 Å². The molecule has 0 aliphatic rings. The lowest BCUT2D eigenvalue weighted by atomic mass is 10.1. The molecule has 0 bridgehead atoms. The van der Waals surface area contributed by atoms with Crippen LogP contribution in [0.5, 0.6) is 0 Å². The molecule has 0 aliphatic carbocycles. The second-order valence-corrected chi connectivity index (χ2v) is 8.52. The third-order valence-electron chi connectivity index (χ3n) is 3.49. The van der Waals surface area contributed by atoms with Crippen molar-refractivity contribution in [1.82, 2.24) is 20.1 Å². The summed E-state index contributed by atoms with van der Waals surface area (Å²) in [5.41, 5.74) is 5.44. The summed E-state index contributed by atoms with van der Waals surface area (Å²) in [6.45, 7) is 5.47. The number of aromatic nitrogens is 2. The van der Waals surface area contributed by atoms with Crippen LogP contribution in [0, 0.1) is 13.8 Å². The molecular formula is C17H21N5O3S2. The molecule has 0 spiro atoms. The van der Waals surface area contributed by atoms with Crippen molar-refractivity contribution >= 4 is 33.4 Å². The topological polar surface area (TPSA) is 113 Å². The molecule has 2 aromatic rings. The Morgan fingerprint density at radius 3 is 2.30 bits per heavy atom. The van der Waals surface area contributed by atoms with Crippen LogP contribution in [-0.4, -0.2) is 42.8 Å². The first-order valence-electron chi connectivity index (χ1n) is 8.03. The normalized spacial score (nSPS) is 12.1. The van der Waals surface area contributed by atoms with Crippen LogP contribution in [0.2, 0.25) is 0 Å². The monoisotopic (exact) mass is 407 g/mol. The fraction of sp³-hybridized carbons (Fsp3) is 0.294. The van der Waals surface area contributed by atoms with Crippen molar-refractivity contribution in [2.75, 3.05) is 12.8 Å². The minimum atomic E-state index is -3.48. The Labute approximate surface area is 162 Å². The number of hydrogen-bond acceptors (Lipinski definition) is 7. The van der Waals surface area contributed by atoms with E-state index in [-0.39, 0.29) is 16.6 Å². The van der Waals surface area contributed by atoms with Gasteiger partial charge in [0, 0.05) is 11.4 Å². The van der Waals surface area contributed by atoms with Crippen molar-refractivity contribution in [1.29, 1.82) is 0 Å². The van der Waals surface area contributed by atoms with Crippen LogP contribution < -0.4 is 10.1 Å². The third kappa shape index (κ3) is 6.12. The highest BCUT2D eigenvalue weighted by atomic mass is 32.2. The van der Waals surface area contributed by atoms with Gasteiger partial charge in [0.2, 0.25) is 10.0 Å². The molecule has 0 aliphatic heterocycles. The van der Waals surface area contributed by atoms with Crippen molar-refractivity contribution < 1.29 is 13.2 Å². The van der Waals surface area contributed by atoms with E-state index in [9.17, 15) is 13.2 Å². The lowest BCUT2D eigenvalue weighted by Crippen LogP contribution is -2.21. The second kappa shape index (κ2) is 9.07. The molecule has 2 rings (SSSR count). The van der Waals surface area contributed by atoms with Gasteiger partial charge in [-0.05, 0) is 51.6 Å². The summed E-state index contributed by atoms with van der Waals surface area (Å²) in [4.78, 5) is 20.7. The molecule has 2 N–H and O–H groups in total. The maximum Gasteiger partial charge on any atom is 0.250 e. The van der Waals surface area contributed by atoms with Gasteiger partial charge in [0.15, 0.2) is 5.16 Å². The zero-order valence-corrected chi connectivity index (χ0v) is 17.1. The highest BCUT2D eigenvalue weighted by molar-refractivity contribution is 7.99. The molecule has 1 aromatic heterocycles. The molecule has 1 aromatic carbocycles. The summed E-state index contributed by atoms with van der Waals surface area (Å²) in [6.07, 6.45) is 0. The molecule has 0 fully saturated rings. The Balaban J connectivity index is 1.95. The van der Waals surface area contributed by atoms with Gasteiger partial charge < -0.3 is 0 Å². The number of hydrazone groups is 1. The molecule has 8 nitrogen and oxygen atoms in total. The lowest BCUT2D eigenvalue weighted by Gasteiger charge is -2.05. The van der Waals surface area contributed by atoms with E-state index in [4.69, 9.17) is 0 Å². The maximum atomic E-state index is 12.0. The lowest BCUT2D eigenvalue weighted by molar-refractivity contribution is -0.118. The van der Waals surface area contributed by atoms with Crippen LogP contribution in [0.4, 0.5) is 0 Å². The number of carbonyl (C=O) groups is 1. The SMILES string of the molecule is CNS(=O)(=O)c1ccc(/C(C)=N/NC(=O)CSc2nc(C)cc(C)n2)cc1. The molecule has 0 saturated heterocycles. The number of thioether (sulfide) groups is 1. The predicted octanol–water partition coefficient (Wildman–Crippen LogP) is 1.63. The zero-order valence-electron chi connectivity index (χ0n) is 15.5. The minimum Gasteiger partial charge on any atom is -0.272 e. The molecule has 0 saturated carbocycles. The van der Waals surface area contributed by atoms with Crippen molar-refractivity contribution in [2.24, 2.45) is 5.10 Å². The first kappa shape index (κ1) is 21.0. The summed E-state index contributed by atoms with van der Waals surface area (Å²) in [5, 5.41) is 4.60. The zero-order chi connectivity index (χ0) is 20.0. The Hall–Kier alpha value is -2.30. The smallest absolute Gasteiger partial charge is 0.250 e. The van der Waals surface area contributed by atoms with Crippen molar-refractivity contribution in [2.45, 2.75) is 30.8 Å². The molecule has 1 heterocycles. The Morgan fingerprint density at radius 1 is 1.15 bits per heavy atom. The van der Waals surface area contributed by atoms with E-state index in [2.05, 4.69) is 25.2 Å². The van der Waals surface area contributed by atoms with Gasteiger partial charge in [-0.1, -0.05) is 23.9 Å². The van der Waals surface area contributed by atoms with Gasteiger partial charge in [0.05, 0.1) is 16.4 Å². The molecule has 144 valence electrons. The molecule has 0 radical (unpaired) electrons. The number of amides is 1. The van der Waals surface area contributed by atoms with Gasteiger partial charge >= 0.3 is 0 Å². The van der Waals surface area contributed by atoms with Crippen LogP contribution in [0.3, 0.4) is 0 Å². The Bertz CT molecular complexity index is 937. The van der Waals surface area contributed by atoms with Gasteiger partial charge in [0.1, 0.15) is 0 Å². The van der Waals surface area contributed by atoms with Crippen molar-refractivity contribution in [3.8, 4) is 0 Å². The predicted molar refractivity (Wildman–Crippen MR) is 105 cm³/mol. The van der Waals surface area contributed by atoms with Crippen LogP contribution in [0.1, 0.15) is 23.9 Å². The quantitative estimate of drug-likeness (QED) is 0.312. The van der Waals surface area contributed by atoms with E-state index < -0.39 is 10.0 Å². The Kier molecular flexibility index (Phi) is 7.05. The minimum absolute atomic E-state index is 0.138. The molecule has 27 heavy (non-hydrogen) atoms. The van der Waals surface area contributed by atoms with Crippen LogP contribution in [-0.2, 0) is 14.8 Å². The van der Waals surface area contributed by atoms with E-state index >= 15 is 0 Å². The van der Waals surface area contributed by atoms with E-state index in [1.165, 1.54) is 30.9 Å². The summed E-state index contributed by atoms with van der Waals surface area (Å²) in [5.74, 6) is -0.143. The van der Waals surface area contributed by atoms with Gasteiger partial charge in [0.25, 0.3) is 5.91 Å². The highest BCUT2D eigenvalue weighted by Gasteiger charge is 2.11. The van der Waals surface area contributed by atoms with Crippen LogP contribution >= 0.6 is 11.8 Å². The summed E-state index contributed by atoms with van der Waals surface area (Å²) >= 11 is 1.23. The average molecular weight is 408 g/mol. The number of benzene rings is 1. The average Bonchev–Trinajstić information content (AvgIpc) is 2.63. The molecule has 1 amide bonds. The standard InChI is InChI=1S/C17H21N5O3S2/c1-11-9-12(2)20-17(19-11)26-10-16(23)22-21-13(3)14-5-7-15(8-6-14)27(24,25)18-4/h5-9,18H,10H2,1-4H3,(H,22,23)/b21-13+. The third-order valence-corrected chi connectivity index (χ3v) is 5.77. The summed E-state index contributed by atoms with van der Waals surface area (Å²) in [6, 6.07) is 8.09. The number of nitrogens with zero attached hydrogens (tertiary/aromatic N) is 3. The number of sulfonamides is 1. The first-order chi connectivity index (χ1) is 12.7. The van der Waals surface area contributed by atoms with E-state index in [0.29, 0.717) is 16.4 Å². The molecule has 0 atom stereocenters. The molecular weight excluding hydrogens is 386 g/mol. The van der Waals surface area contributed by atoms with Gasteiger partial charge in [-0.2, -0.15) is 5.10 Å². The molecule has 0 unspecified atom stereocenters. The fourth-order valence-corrected chi connectivity index (χ4v) is 3.60. The number of hydrogen-bond donors (Lipinski definition) is 2. The van der Waals surface area contributed by atoms with Crippen LogP contribution in [0.25, 0.3) is 0 Å². The number of nitrogens with one attached hydrogen (secondary N) is 2. The van der Waals surface area contributed by atoms with Gasteiger partial charge in [-0.3, -0.25) is 4.79 Å². The van der Waals surface area contributed by atoms with Crippen LogP contribution in [0.15, 0.2) is 45.5 Å².